The lowest BCUT2D eigenvalue weighted by molar-refractivity contribution is -0.128. The molecule has 5 heteroatoms. The van der Waals surface area contributed by atoms with E-state index in [1.54, 1.807) is 0 Å². The average Bonchev–Trinajstić information content (AvgIpc) is 2.47. The van der Waals surface area contributed by atoms with Gasteiger partial charge in [0.05, 0.1) is 12.2 Å². The van der Waals surface area contributed by atoms with Crippen molar-refractivity contribution in [3.8, 4) is 5.75 Å². The lowest BCUT2D eigenvalue weighted by Crippen LogP contribution is -2.52. The quantitative estimate of drug-likeness (QED) is 0.848. The molecule has 1 aromatic rings. The molecule has 2 unspecified atom stereocenters. The lowest BCUT2D eigenvalue weighted by Gasteiger charge is -2.32. The molecule has 20 heavy (non-hydrogen) atoms. The Balaban J connectivity index is 1.59. The maximum Gasteiger partial charge on any atom is 0.263 e. The first-order valence-electron chi connectivity index (χ1n) is 7.21. The molecule has 1 fully saturated rings. The zero-order valence-electron chi connectivity index (χ0n) is 11.8. The number of nitrogens with zero attached hydrogens (tertiary/aromatic N) is 1. The summed E-state index contributed by atoms with van der Waals surface area (Å²) in [4.78, 5) is 14.5. The first kappa shape index (κ1) is 13.2. The van der Waals surface area contributed by atoms with Gasteiger partial charge in [0.15, 0.2) is 6.10 Å². The minimum absolute atomic E-state index is 0.0210. The van der Waals surface area contributed by atoms with E-state index in [2.05, 4.69) is 22.6 Å². The molecule has 1 amide bonds. The van der Waals surface area contributed by atoms with Gasteiger partial charge in [-0.3, -0.25) is 4.79 Å². The number of hydrogen-bond acceptors (Lipinski definition) is 4. The molecule has 0 spiro atoms. The van der Waals surface area contributed by atoms with E-state index in [0.29, 0.717) is 6.54 Å². The number of carbonyl (C=O) groups is 1. The fourth-order valence-electron chi connectivity index (χ4n) is 2.84. The Morgan fingerprint density at radius 1 is 1.45 bits per heavy atom. The van der Waals surface area contributed by atoms with Gasteiger partial charge in [-0.2, -0.15) is 0 Å². The summed E-state index contributed by atoms with van der Waals surface area (Å²) in [7, 11) is 2.09. The van der Waals surface area contributed by atoms with Gasteiger partial charge < -0.3 is 20.3 Å². The number of fused-ring (bicyclic) bond motifs is 1. The van der Waals surface area contributed by atoms with Gasteiger partial charge >= 0.3 is 0 Å². The van der Waals surface area contributed by atoms with Crippen LogP contribution in [0.3, 0.4) is 0 Å². The van der Waals surface area contributed by atoms with E-state index in [-0.39, 0.29) is 11.9 Å². The van der Waals surface area contributed by atoms with Crippen molar-refractivity contribution in [2.75, 3.05) is 32.0 Å². The van der Waals surface area contributed by atoms with Crippen LogP contribution >= 0.6 is 0 Å². The summed E-state index contributed by atoms with van der Waals surface area (Å²) in [6.07, 6.45) is 1.73. The molecule has 108 valence electrons. The van der Waals surface area contributed by atoms with Crippen LogP contribution in [0.1, 0.15) is 12.8 Å². The Morgan fingerprint density at radius 3 is 3.15 bits per heavy atom. The van der Waals surface area contributed by atoms with Crippen LogP contribution in [-0.4, -0.2) is 49.6 Å². The van der Waals surface area contributed by atoms with Crippen LogP contribution in [0.25, 0.3) is 0 Å². The van der Waals surface area contributed by atoms with Gasteiger partial charge in [-0.1, -0.05) is 12.1 Å². The predicted octanol–water partition coefficient (Wildman–Crippen LogP) is 1.07. The van der Waals surface area contributed by atoms with Crippen LogP contribution in [-0.2, 0) is 4.79 Å². The third kappa shape index (κ3) is 2.88. The highest BCUT2D eigenvalue weighted by molar-refractivity contribution is 5.83. The number of amides is 1. The zero-order valence-corrected chi connectivity index (χ0v) is 11.8. The normalized spacial score (nSPS) is 26.1. The van der Waals surface area contributed by atoms with E-state index in [4.69, 9.17) is 4.74 Å². The number of piperidine rings is 1. The molecule has 1 aromatic carbocycles. The maximum atomic E-state index is 12.3. The number of ether oxygens (including phenoxy) is 1. The predicted molar refractivity (Wildman–Crippen MR) is 78.0 cm³/mol. The standard InChI is InChI=1S/C15H21N3O2/c1-18-8-4-5-11(10-18)17-15(19)14-9-16-12-6-2-3-7-13(12)20-14/h2-3,6-7,11,14,16H,4-5,8-10H2,1H3,(H,17,19). The minimum atomic E-state index is -0.447. The van der Waals surface area contributed by atoms with Crippen molar-refractivity contribution >= 4 is 11.6 Å². The fourth-order valence-corrected chi connectivity index (χ4v) is 2.84. The molecule has 2 aliphatic heterocycles. The number of anilines is 1. The highest BCUT2D eigenvalue weighted by Crippen LogP contribution is 2.28. The van der Waals surface area contributed by atoms with Gasteiger partial charge in [0, 0.05) is 12.6 Å². The van der Waals surface area contributed by atoms with E-state index in [9.17, 15) is 4.79 Å². The number of likely N-dealkylation sites (N-methyl/N-ethyl adjacent to an activating group) is 1. The molecule has 2 heterocycles. The van der Waals surface area contributed by atoms with Crippen LogP contribution in [0.2, 0.25) is 0 Å². The van der Waals surface area contributed by atoms with Crippen LogP contribution < -0.4 is 15.4 Å². The van der Waals surface area contributed by atoms with Crippen LogP contribution in [0.5, 0.6) is 5.75 Å². The second kappa shape index (κ2) is 5.71. The van der Waals surface area contributed by atoms with Gasteiger partial charge in [-0.25, -0.2) is 0 Å². The lowest BCUT2D eigenvalue weighted by atomic mass is 10.1. The van der Waals surface area contributed by atoms with Crippen molar-refractivity contribution in [1.29, 1.82) is 0 Å². The number of rotatable bonds is 2. The van der Waals surface area contributed by atoms with Gasteiger partial charge in [0.2, 0.25) is 0 Å². The molecule has 0 radical (unpaired) electrons. The number of benzene rings is 1. The molecule has 1 saturated heterocycles. The van der Waals surface area contributed by atoms with Crippen LogP contribution in [0.15, 0.2) is 24.3 Å². The smallest absolute Gasteiger partial charge is 0.263 e. The summed E-state index contributed by atoms with van der Waals surface area (Å²) in [6, 6.07) is 7.95. The van der Waals surface area contributed by atoms with Gasteiger partial charge in [-0.15, -0.1) is 0 Å². The average molecular weight is 275 g/mol. The Labute approximate surface area is 119 Å². The monoisotopic (exact) mass is 275 g/mol. The molecule has 5 nitrogen and oxygen atoms in total. The van der Waals surface area contributed by atoms with Crippen molar-refractivity contribution in [3.05, 3.63) is 24.3 Å². The van der Waals surface area contributed by atoms with Crippen molar-refractivity contribution in [1.82, 2.24) is 10.2 Å². The Kier molecular flexibility index (Phi) is 3.78. The van der Waals surface area contributed by atoms with Crippen LogP contribution in [0.4, 0.5) is 5.69 Å². The van der Waals surface area contributed by atoms with Crippen molar-refractivity contribution in [2.24, 2.45) is 0 Å². The second-order valence-corrected chi connectivity index (χ2v) is 5.59. The first-order valence-corrected chi connectivity index (χ1v) is 7.21. The highest BCUT2D eigenvalue weighted by atomic mass is 16.5. The van der Waals surface area contributed by atoms with Gasteiger partial charge in [0.25, 0.3) is 5.91 Å². The number of carbonyl (C=O) groups excluding carboxylic acids is 1. The van der Waals surface area contributed by atoms with Gasteiger partial charge in [-0.05, 0) is 38.6 Å². The van der Waals surface area contributed by atoms with E-state index in [1.807, 2.05) is 24.3 Å². The van der Waals surface area contributed by atoms with E-state index >= 15 is 0 Å². The minimum Gasteiger partial charge on any atom is -0.477 e. The molecule has 0 saturated carbocycles. The molecule has 0 aromatic heterocycles. The molecule has 2 atom stereocenters. The summed E-state index contributed by atoms with van der Waals surface area (Å²) in [5.74, 6) is 0.729. The summed E-state index contributed by atoms with van der Waals surface area (Å²) < 4.78 is 5.77. The maximum absolute atomic E-state index is 12.3. The molecular weight excluding hydrogens is 254 g/mol. The Morgan fingerprint density at radius 2 is 2.30 bits per heavy atom. The van der Waals surface area contributed by atoms with E-state index < -0.39 is 6.10 Å². The molecule has 0 bridgehead atoms. The first-order chi connectivity index (χ1) is 9.72. The summed E-state index contributed by atoms with van der Waals surface area (Å²) in [5, 5.41) is 6.35. The van der Waals surface area contributed by atoms with E-state index in [1.165, 1.54) is 0 Å². The number of para-hydroxylation sites is 2. The summed E-state index contributed by atoms with van der Waals surface area (Å²) in [6.45, 7) is 2.55. The van der Waals surface area contributed by atoms with Gasteiger partial charge in [0.1, 0.15) is 5.75 Å². The number of nitrogens with one attached hydrogen (secondary N) is 2. The third-order valence-electron chi connectivity index (χ3n) is 3.90. The summed E-state index contributed by atoms with van der Waals surface area (Å²) in [5.41, 5.74) is 0.953. The second-order valence-electron chi connectivity index (χ2n) is 5.59. The molecule has 2 N–H and O–H groups in total. The molecular formula is C15H21N3O2. The number of likely N-dealkylation sites (tertiary alicyclic amines) is 1. The number of hydrogen-bond donors (Lipinski definition) is 2. The zero-order chi connectivity index (χ0) is 13.9. The molecule has 2 aliphatic rings. The SMILES string of the molecule is CN1CCCC(NC(=O)C2CNc3ccccc3O2)C1. The topological polar surface area (TPSA) is 53.6 Å². The largest absolute Gasteiger partial charge is 0.477 e. The molecule has 3 rings (SSSR count). The van der Waals surface area contributed by atoms with Crippen LogP contribution in [0, 0.1) is 0 Å². The van der Waals surface area contributed by atoms with Crippen molar-refractivity contribution < 1.29 is 9.53 Å². The van der Waals surface area contributed by atoms with Crippen molar-refractivity contribution in [3.63, 3.8) is 0 Å². The van der Waals surface area contributed by atoms with Crippen molar-refractivity contribution in [2.45, 2.75) is 25.0 Å². The van der Waals surface area contributed by atoms with E-state index in [0.717, 1.165) is 37.4 Å². The fraction of sp³-hybridized carbons (Fsp3) is 0.533. The molecule has 0 aliphatic carbocycles. The highest BCUT2D eigenvalue weighted by Gasteiger charge is 2.28. The summed E-state index contributed by atoms with van der Waals surface area (Å²) >= 11 is 0. The third-order valence-corrected chi connectivity index (χ3v) is 3.90. The Bertz CT molecular complexity index is 492. The Hall–Kier alpha value is -1.75.